The highest BCUT2D eigenvalue weighted by Gasteiger charge is 2.28. The van der Waals surface area contributed by atoms with Crippen LogP contribution in [0, 0.1) is 5.92 Å². The van der Waals surface area contributed by atoms with Crippen LogP contribution in [0.25, 0.3) is 0 Å². The average Bonchev–Trinajstić information content (AvgIpc) is 2.81. The zero-order chi connectivity index (χ0) is 14.1. The quantitative estimate of drug-likeness (QED) is 0.648. The van der Waals surface area contributed by atoms with Crippen LogP contribution in [0.2, 0.25) is 0 Å². The minimum absolute atomic E-state index is 0.554. The van der Waals surface area contributed by atoms with E-state index in [0.717, 1.165) is 32.8 Å². The maximum atomic E-state index is 5.67. The molecule has 2 unspecified atom stereocenters. The highest BCUT2D eigenvalue weighted by Crippen LogP contribution is 2.15. The molecule has 1 aliphatic rings. The van der Waals surface area contributed by atoms with Crippen molar-refractivity contribution in [3.05, 3.63) is 0 Å². The van der Waals surface area contributed by atoms with Gasteiger partial charge in [0.2, 0.25) is 0 Å². The van der Waals surface area contributed by atoms with Gasteiger partial charge in [0, 0.05) is 31.6 Å². The molecule has 1 aliphatic heterocycles. The number of rotatable bonds is 10. The largest absolute Gasteiger partial charge is 0.379 e. The van der Waals surface area contributed by atoms with E-state index < -0.39 is 0 Å². The van der Waals surface area contributed by atoms with Crippen molar-refractivity contribution < 1.29 is 4.74 Å². The van der Waals surface area contributed by atoms with Crippen LogP contribution in [0.1, 0.15) is 26.7 Å². The molecule has 0 aromatic rings. The Kier molecular flexibility index (Phi) is 8.62. The van der Waals surface area contributed by atoms with E-state index in [9.17, 15) is 0 Å². The molecule has 1 N–H and O–H groups in total. The molecule has 0 radical (unpaired) electrons. The Labute approximate surface area is 119 Å². The molecule has 0 spiro atoms. The van der Waals surface area contributed by atoms with E-state index in [1.165, 1.54) is 25.9 Å². The van der Waals surface area contributed by atoms with Gasteiger partial charge in [-0.2, -0.15) is 0 Å². The molecule has 0 amide bonds. The predicted molar refractivity (Wildman–Crippen MR) is 81.7 cm³/mol. The van der Waals surface area contributed by atoms with Gasteiger partial charge in [-0.25, -0.2) is 0 Å². The number of hydrogen-bond donors (Lipinski definition) is 1. The molecule has 0 bridgehead atoms. The Morgan fingerprint density at radius 3 is 2.47 bits per heavy atom. The fourth-order valence-electron chi connectivity index (χ4n) is 2.62. The lowest BCUT2D eigenvalue weighted by molar-refractivity contribution is 0.162. The normalized spacial score (nSPS) is 23.7. The van der Waals surface area contributed by atoms with Crippen LogP contribution in [0.5, 0.6) is 0 Å². The summed E-state index contributed by atoms with van der Waals surface area (Å²) in [5.41, 5.74) is 0. The molecular formula is C15H33N3O. The van der Waals surface area contributed by atoms with Crippen LogP contribution in [0.4, 0.5) is 0 Å². The Hall–Kier alpha value is -0.160. The van der Waals surface area contributed by atoms with Gasteiger partial charge in [0.25, 0.3) is 0 Å². The number of nitrogens with one attached hydrogen (secondary N) is 1. The van der Waals surface area contributed by atoms with Crippen molar-refractivity contribution in [1.29, 1.82) is 0 Å². The van der Waals surface area contributed by atoms with Crippen molar-refractivity contribution >= 4 is 0 Å². The summed E-state index contributed by atoms with van der Waals surface area (Å²) in [7, 11) is 4.29. The van der Waals surface area contributed by atoms with Gasteiger partial charge in [-0.05, 0) is 40.0 Å². The summed E-state index contributed by atoms with van der Waals surface area (Å²) in [6.45, 7) is 12.1. The third-order valence-corrected chi connectivity index (χ3v) is 3.75. The van der Waals surface area contributed by atoms with Crippen molar-refractivity contribution in [1.82, 2.24) is 15.1 Å². The maximum Gasteiger partial charge on any atom is 0.0623 e. The van der Waals surface area contributed by atoms with E-state index in [4.69, 9.17) is 4.74 Å². The highest BCUT2D eigenvalue weighted by molar-refractivity contribution is 4.83. The zero-order valence-corrected chi connectivity index (χ0v) is 13.3. The summed E-state index contributed by atoms with van der Waals surface area (Å²) < 4.78 is 5.67. The molecule has 1 heterocycles. The third-order valence-electron chi connectivity index (χ3n) is 3.75. The van der Waals surface area contributed by atoms with E-state index in [1.807, 2.05) is 0 Å². The Balaban J connectivity index is 2.38. The number of likely N-dealkylation sites (N-methyl/N-ethyl adjacent to an activating group) is 1. The lowest BCUT2D eigenvalue weighted by Gasteiger charge is -2.28. The third kappa shape index (κ3) is 6.70. The monoisotopic (exact) mass is 271 g/mol. The highest BCUT2D eigenvalue weighted by atomic mass is 16.5. The molecule has 114 valence electrons. The van der Waals surface area contributed by atoms with Crippen LogP contribution in [0.15, 0.2) is 0 Å². The first-order chi connectivity index (χ1) is 9.17. The van der Waals surface area contributed by atoms with Crippen molar-refractivity contribution in [2.75, 3.05) is 60.0 Å². The van der Waals surface area contributed by atoms with Gasteiger partial charge in [0.05, 0.1) is 13.2 Å². The molecule has 4 nitrogen and oxygen atoms in total. The fourth-order valence-corrected chi connectivity index (χ4v) is 2.62. The van der Waals surface area contributed by atoms with Crippen LogP contribution >= 0.6 is 0 Å². The lowest BCUT2D eigenvalue weighted by atomic mass is 10.0. The van der Waals surface area contributed by atoms with Gasteiger partial charge >= 0.3 is 0 Å². The summed E-state index contributed by atoms with van der Waals surface area (Å²) >= 11 is 0. The smallest absolute Gasteiger partial charge is 0.0623 e. The fraction of sp³-hybridized carbons (Fsp3) is 1.00. The summed E-state index contributed by atoms with van der Waals surface area (Å²) in [5.74, 6) is 0.653. The van der Waals surface area contributed by atoms with Crippen LogP contribution in [-0.4, -0.2) is 75.9 Å². The second-order valence-corrected chi connectivity index (χ2v) is 5.96. The van der Waals surface area contributed by atoms with E-state index in [-0.39, 0.29) is 0 Å². The van der Waals surface area contributed by atoms with Gasteiger partial charge in [-0.1, -0.05) is 13.8 Å². The van der Waals surface area contributed by atoms with Gasteiger partial charge < -0.3 is 19.9 Å². The predicted octanol–water partition coefficient (Wildman–Crippen LogP) is 1.27. The van der Waals surface area contributed by atoms with Crippen LogP contribution in [0.3, 0.4) is 0 Å². The first-order valence-corrected chi connectivity index (χ1v) is 7.85. The van der Waals surface area contributed by atoms with Gasteiger partial charge in [0.1, 0.15) is 0 Å². The van der Waals surface area contributed by atoms with E-state index in [2.05, 4.69) is 43.1 Å². The van der Waals surface area contributed by atoms with E-state index >= 15 is 0 Å². The lowest BCUT2D eigenvalue weighted by Crippen LogP contribution is -2.43. The summed E-state index contributed by atoms with van der Waals surface area (Å²) in [6, 6.07) is 0.554. The molecule has 1 saturated heterocycles. The topological polar surface area (TPSA) is 27.7 Å². The van der Waals surface area contributed by atoms with E-state index in [0.29, 0.717) is 12.0 Å². The summed E-state index contributed by atoms with van der Waals surface area (Å²) in [6.07, 6.45) is 2.43. The molecular weight excluding hydrogens is 238 g/mol. The molecule has 1 rings (SSSR count). The maximum absolute atomic E-state index is 5.67. The standard InChI is InChI=1S/C15H33N3O/c1-5-7-16-15-13-19-12-14(15)11-18(8-6-2)10-9-17(3)4/h14-16H,5-13H2,1-4H3. The molecule has 0 aliphatic carbocycles. The minimum Gasteiger partial charge on any atom is -0.379 e. The Morgan fingerprint density at radius 1 is 1.05 bits per heavy atom. The minimum atomic E-state index is 0.554. The van der Waals surface area contributed by atoms with Crippen molar-refractivity contribution in [3.8, 4) is 0 Å². The molecule has 19 heavy (non-hydrogen) atoms. The van der Waals surface area contributed by atoms with Crippen LogP contribution < -0.4 is 5.32 Å². The van der Waals surface area contributed by atoms with Gasteiger partial charge in [-0.15, -0.1) is 0 Å². The average molecular weight is 271 g/mol. The van der Waals surface area contributed by atoms with Gasteiger partial charge in [-0.3, -0.25) is 0 Å². The Morgan fingerprint density at radius 2 is 1.84 bits per heavy atom. The SMILES string of the molecule is CCCNC1COCC1CN(CCC)CCN(C)C. The second-order valence-electron chi connectivity index (χ2n) is 5.96. The molecule has 4 heteroatoms. The first-order valence-electron chi connectivity index (χ1n) is 7.85. The van der Waals surface area contributed by atoms with Crippen molar-refractivity contribution in [3.63, 3.8) is 0 Å². The molecule has 0 aromatic carbocycles. The van der Waals surface area contributed by atoms with Gasteiger partial charge in [0.15, 0.2) is 0 Å². The molecule has 2 atom stereocenters. The van der Waals surface area contributed by atoms with Crippen LogP contribution in [-0.2, 0) is 4.74 Å². The molecule has 1 fully saturated rings. The summed E-state index contributed by atoms with van der Waals surface area (Å²) in [5, 5.41) is 3.63. The number of hydrogen-bond acceptors (Lipinski definition) is 4. The molecule has 0 saturated carbocycles. The summed E-state index contributed by atoms with van der Waals surface area (Å²) in [4.78, 5) is 4.86. The van der Waals surface area contributed by atoms with Crippen molar-refractivity contribution in [2.45, 2.75) is 32.7 Å². The van der Waals surface area contributed by atoms with E-state index in [1.54, 1.807) is 0 Å². The first kappa shape index (κ1) is 16.9. The second kappa shape index (κ2) is 9.70. The zero-order valence-electron chi connectivity index (χ0n) is 13.3. The van der Waals surface area contributed by atoms with Crippen molar-refractivity contribution in [2.24, 2.45) is 5.92 Å². The molecule has 0 aromatic heterocycles. The Bertz CT molecular complexity index is 223. The number of nitrogens with zero attached hydrogens (tertiary/aromatic N) is 2. The number of ether oxygens (including phenoxy) is 1.